The highest BCUT2D eigenvalue weighted by Gasteiger charge is 2.34. The van der Waals surface area contributed by atoms with Crippen LogP contribution in [-0.4, -0.2) is 22.6 Å². The molecule has 0 bridgehead atoms. The van der Waals surface area contributed by atoms with Crippen LogP contribution in [0.1, 0.15) is 18.1 Å². The highest BCUT2D eigenvalue weighted by Crippen LogP contribution is 2.30. The van der Waals surface area contributed by atoms with Gasteiger partial charge in [-0.05, 0) is 24.1 Å². The van der Waals surface area contributed by atoms with Crippen molar-refractivity contribution in [2.24, 2.45) is 5.92 Å². The number of esters is 1. The van der Waals surface area contributed by atoms with Crippen LogP contribution in [0.4, 0.5) is 5.69 Å². The number of hydrogen-bond acceptors (Lipinski definition) is 5. The number of aliphatic hydroxyl groups excluding tert-OH is 1. The molecule has 1 aliphatic heterocycles. The molecule has 1 aromatic rings. The van der Waals surface area contributed by atoms with Crippen LogP contribution in [0, 0.1) is 16.0 Å². The van der Waals surface area contributed by atoms with Crippen LogP contribution in [0.2, 0.25) is 0 Å². The molecular formula is C11H11NO5. The van der Waals surface area contributed by atoms with Gasteiger partial charge < -0.3 is 9.84 Å². The van der Waals surface area contributed by atoms with Crippen molar-refractivity contribution in [2.45, 2.75) is 12.5 Å². The number of nitro groups is 1. The van der Waals surface area contributed by atoms with Crippen LogP contribution >= 0.6 is 0 Å². The van der Waals surface area contributed by atoms with E-state index >= 15 is 0 Å². The van der Waals surface area contributed by atoms with E-state index in [4.69, 9.17) is 4.74 Å². The first-order valence-corrected chi connectivity index (χ1v) is 5.18. The van der Waals surface area contributed by atoms with Crippen molar-refractivity contribution in [3.05, 3.63) is 39.9 Å². The fourth-order valence-electron chi connectivity index (χ4n) is 1.82. The lowest BCUT2D eigenvalue weighted by Crippen LogP contribution is -2.17. The number of aliphatic hydroxyl groups is 1. The zero-order valence-corrected chi connectivity index (χ0v) is 8.91. The summed E-state index contributed by atoms with van der Waals surface area (Å²) < 4.78 is 4.76. The molecule has 1 heterocycles. The number of ether oxygens (including phenoxy) is 1. The Bertz CT molecular complexity index is 442. The summed E-state index contributed by atoms with van der Waals surface area (Å²) in [5.41, 5.74) is 0.439. The van der Waals surface area contributed by atoms with Gasteiger partial charge in [0.25, 0.3) is 5.69 Å². The van der Waals surface area contributed by atoms with Gasteiger partial charge in [0.05, 0.1) is 23.6 Å². The number of hydrogen-bond donors (Lipinski definition) is 1. The van der Waals surface area contributed by atoms with Crippen LogP contribution in [-0.2, 0) is 9.53 Å². The molecule has 17 heavy (non-hydrogen) atoms. The monoisotopic (exact) mass is 237 g/mol. The van der Waals surface area contributed by atoms with Crippen LogP contribution in [0.3, 0.4) is 0 Å². The van der Waals surface area contributed by atoms with Crippen molar-refractivity contribution in [1.29, 1.82) is 0 Å². The third-order valence-electron chi connectivity index (χ3n) is 2.80. The number of benzene rings is 1. The lowest BCUT2D eigenvalue weighted by molar-refractivity contribution is -0.384. The molecule has 2 atom stereocenters. The Labute approximate surface area is 97.0 Å². The summed E-state index contributed by atoms with van der Waals surface area (Å²) in [6.07, 6.45) is -0.498. The molecule has 6 heteroatoms. The number of non-ortho nitro benzene ring substituents is 1. The molecule has 0 saturated carbocycles. The lowest BCUT2D eigenvalue weighted by atomic mass is 9.94. The second-order valence-corrected chi connectivity index (χ2v) is 3.86. The van der Waals surface area contributed by atoms with Gasteiger partial charge in [-0.3, -0.25) is 14.9 Å². The van der Waals surface area contributed by atoms with E-state index in [9.17, 15) is 20.0 Å². The van der Waals surface area contributed by atoms with E-state index in [2.05, 4.69) is 0 Å². The standard InChI is InChI=1S/C11H11NO5/c13-10(9-5-6-17-11(9)14)7-1-3-8(4-2-7)12(15)16/h1-4,9-10,13H,5-6H2/t9-,10+/m1/s1. The number of rotatable bonds is 3. The molecule has 1 fully saturated rings. The van der Waals surface area contributed by atoms with Crippen molar-refractivity contribution in [3.8, 4) is 0 Å². The predicted molar refractivity (Wildman–Crippen MR) is 57.1 cm³/mol. The van der Waals surface area contributed by atoms with Crippen molar-refractivity contribution in [2.75, 3.05) is 6.61 Å². The molecule has 0 amide bonds. The van der Waals surface area contributed by atoms with E-state index in [1.807, 2.05) is 0 Å². The molecule has 1 saturated heterocycles. The first-order valence-electron chi connectivity index (χ1n) is 5.18. The third kappa shape index (κ3) is 2.26. The summed E-state index contributed by atoms with van der Waals surface area (Å²) in [5, 5.41) is 20.4. The smallest absolute Gasteiger partial charge is 0.312 e. The molecule has 1 aliphatic rings. The number of nitro benzene ring substituents is 1. The molecule has 0 radical (unpaired) electrons. The fraction of sp³-hybridized carbons (Fsp3) is 0.364. The average Bonchev–Trinajstić information content (AvgIpc) is 2.74. The molecular weight excluding hydrogens is 226 g/mol. The maximum Gasteiger partial charge on any atom is 0.312 e. The Morgan fingerprint density at radius 3 is 2.53 bits per heavy atom. The minimum Gasteiger partial charge on any atom is -0.465 e. The summed E-state index contributed by atoms with van der Waals surface area (Å²) in [6, 6.07) is 5.51. The van der Waals surface area contributed by atoms with Crippen LogP contribution in [0.5, 0.6) is 0 Å². The molecule has 0 unspecified atom stereocenters. The normalized spacial score (nSPS) is 21.0. The Kier molecular flexibility index (Phi) is 3.06. The van der Waals surface area contributed by atoms with E-state index in [0.29, 0.717) is 18.6 Å². The number of nitrogens with zero attached hydrogens (tertiary/aromatic N) is 1. The van der Waals surface area contributed by atoms with Crippen molar-refractivity contribution in [1.82, 2.24) is 0 Å². The maximum absolute atomic E-state index is 11.3. The Balaban J connectivity index is 2.16. The van der Waals surface area contributed by atoms with E-state index < -0.39 is 22.9 Å². The van der Waals surface area contributed by atoms with Gasteiger partial charge in [0.2, 0.25) is 0 Å². The second-order valence-electron chi connectivity index (χ2n) is 3.86. The predicted octanol–water partition coefficient (Wildman–Crippen LogP) is 1.19. The first-order chi connectivity index (χ1) is 8.09. The van der Waals surface area contributed by atoms with Gasteiger partial charge >= 0.3 is 5.97 Å². The van der Waals surface area contributed by atoms with Crippen LogP contribution < -0.4 is 0 Å². The zero-order chi connectivity index (χ0) is 12.4. The molecule has 1 aromatic carbocycles. The molecule has 1 N–H and O–H groups in total. The zero-order valence-electron chi connectivity index (χ0n) is 8.91. The minimum absolute atomic E-state index is 0.0463. The summed E-state index contributed by atoms with van der Waals surface area (Å²) >= 11 is 0. The molecule has 0 aliphatic carbocycles. The molecule has 2 rings (SSSR count). The highest BCUT2D eigenvalue weighted by atomic mass is 16.6. The van der Waals surface area contributed by atoms with E-state index in [0.717, 1.165) is 0 Å². The molecule has 0 aromatic heterocycles. The maximum atomic E-state index is 11.3. The third-order valence-corrected chi connectivity index (χ3v) is 2.80. The number of cyclic esters (lactones) is 1. The SMILES string of the molecule is O=C1OCC[C@@H]1[C@@H](O)c1ccc([N+](=O)[O-])cc1. The van der Waals surface area contributed by atoms with Gasteiger partial charge in [0, 0.05) is 12.1 Å². The topological polar surface area (TPSA) is 89.7 Å². The lowest BCUT2D eigenvalue weighted by Gasteiger charge is -2.14. The van der Waals surface area contributed by atoms with Crippen molar-refractivity contribution >= 4 is 11.7 Å². The highest BCUT2D eigenvalue weighted by molar-refractivity contribution is 5.75. The van der Waals surface area contributed by atoms with Gasteiger partial charge in [0.15, 0.2) is 0 Å². The van der Waals surface area contributed by atoms with Crippen LogP contribution in [0.25, 0.3) is 0 Å². The van der Waals surface area contributed by atoms with E-state index in [1.165, 1.54) is 24.3 Å². The largest absolute Gasteiger partial charge is 0.465 e. The van der Waals surface area contributed by atoms with Gasteiger partial charge in [-0.2, -0.15) is 0 Å². The molecule has 6 nitrogen and oxygen atoms in total. The number of carbonyl (C=O) groups excluding carboxylic acids is 1. The van der Waals surface area contributed by atoms with Crippen molar-refractivity contribution < 1.29 is 19.6 Å². The molecule has 90 valence electrons. The number of carbonyl (C=O) groups is 1. The van der Waals surface area contributed by atoms with Gasteiger partial charge in [-0.25, -0.2) is 0 Å². The van der Waals surface area contributed by atoms with Crippen molar-refractivity contribution in [3.63, 3.8) is 0 Å². The van der Waals surface area contributed by atoms with Gasteiger partial charge in [-0.15, -0.1) is 0 Å². The second kappa shape index (κ2) is 4.50. The van der Waals surface area contributed by atoms with Gasteiger partial charge in [0.1, 0.15) is 0 Å². The quantitative estimate of drug-likeness (QED) is 0.484. The first kappa shape index (κ1) is 11.5. The summed E-state index contributed by atoms with van der Waals surface area (Å²) in [6.45, 7) is 0.313. The Morgan fingerprint density at radius 1 is 1.41 bits per heavy atom. The van der Waals surface area contributed by atoms with Crippen LogP contribution in [0.15, 0.2) is 24.3 Å². The van der Waals surface area contributed by atoms with E-state index in [1.54, 1.807) is 0 Å². The minimum atomic E-state index is -0.967. The summed E-state index contributed by atoms with van der Waals surface area (Å²) in [4.78, 5) is 21.2. The average molecular weight is 237 g/mol. The van der Waals surface area contributed by atoms with Gasteiger partial charge in [-0.1, -0.05) is 0 Å². The fourth-order valence-corrected chi connectivity index (χ4v) is 1.82. The summed E-state index contributed by atoms with van der Waals surface area (Å²) in [7, 11) is 0. The summed E-state index contributed by atoms with van der Waals surface area (Å²) in [5.74, 6) is -0.993. The van der Waals surface area contributed by atoms with E-state index in [-0.39, 0.29) is 5.69 Å². The Morgan fingerprint density at radius 2 is 2.06 bits per heavy atom. The molecule has 0 spiro atoms. The Hall–Kier alpha value is -1.95.